The minimum absolute atomic E-state index is 0.468. The largest absolute Gasteiger partial charge is 0.289 e. The SMILES string of the molecule is CC1=CC=CC(N2CC=C(CC(C)C)CC2)C=C1. The minimum atomic E-state index is 0.468. The van der Waals surface area contributed by atoms with Gasteiger partial charge in [-0.25, -0.2) is 0 Å². The summed E-state index contributed by atoms with van der Waals surface area (Å²) < 4.78 is 0. The van der Waals surface area contributed by atoms with Crippen LogP contribution in [0, 0.1) is 5.92 Å². The van der Waals surface area contributed by atoms with E-state index >= 15 is 0 Å². The molecule has 0 aromatic carbocycles. The molecular weight excluding hydrogens is 218 g/mol. The third-order valence-corrected chi connectivity index (χ3v) is 3.65. The molecule has 0 N–H and O–H groups in total. The molecule has 0 aromatic heterocycles. The maximum absolute atomic E-state index is 2.54. The Morgan fingerprint density at radius 3 is 2.83 bits per heavy atom. The Morgan fingerprint density at radius 1 is 1.33 bits per heavy atom. The van der Waals surface area contributed by atoms with Crippen molar-refractivity contribution in [2.24, 2.45) is 5.92 Å². The second kappa shape index (κ2) is 6.19. The van der Waals surface area contributed by atoms with E-state index in [9.17, 15) is 0 Å². The average Bonchev–Trinajstić information content (AvgIpc) is 2.54. The molecule has 1 heteroatoms. The van der Waals surface area contributed by atoms with Gasteiger partial charge in [0.2, 0.25) is 0 Å². The Kier molecular flexibility index (Phi) is 4.60. The molecule has 0 spiro atoms. The molecule has 98 valence electrons. The summed E-state index contributed by atoms with van der Waals surface area (Å²) >= 11 is 0. The first-order valence-corrected chi connectivity index (χ1v) is 7.10. The molecule has 0 amide bonds. The van der Waals surface area contributed by atoms with Gasteiger partial charge in [0.15, 0.2) is 0 Å². The van der Waals surface area contributed by atoms with E-state index in [2.05, 4.69) is 62.1 Å². The summed E-state index contributed by atoms with van der Waals surface area (Å²) in [5.41, 5.74) is 2.99. The minimum Gasteiger partial charge on any atom is -0.289 e. The van der Waals surface area contributed by atoms with Crippen LogP contribution in [0.15, 0.2) is 47.6 Å². The molecule has 0 saturated carbocycles. The molecule has 1 aliphatic carbocycles. The molecule has 1 heterocycles. The van der Waals surface area contributed by atoms with Crippen molar-refractivity contribution in [1.82, 2.24) is 4.90 Å². The Morgan fingerprint density at radius 2 is 2.17 bits per heavy atom. The van der Waals surface area contributed by atoms with Crippen LogP contribution in [0.4, 0.5) is 0 Å². The van der Waals surface area contributed by atoms with Crippen LogP contribution in [-0.4, -0.2) is 24.0 Å². The fraction of sp³-hybridized carbons (Fsp3) is 0.529. The highest BCUT2D eigenvalue weighted by atomic mass is 15.1. The highest BCUT2D eigenvalue weighted by Gasteiger charge is 2.17. The number of rotatable bonds is 3. The quantitative estimate of drug-likeness (QED) is 0.674. The molecule has 0 aromatic rings. The van der Waals surface area contributed by atoms with Gasteiger partial charge in [0.1, 0.15) is 0 Å². The summed E-state index contributed by atoms with van der Waals surface area (Å²) in [7, 11) is 0. The third-order valence-electron chi connectivity index (χ3n) is 3.65. The molecule has 1 aliphatic heterocycles. The second-order valence-corrected chi connectivity index (χ2v) is 5.85. The van der Waals surface area contributed by atoms with Crippen LogP contribution < -0.4 is 0 Å². The van der Waals surface area contributed by atoms with Crippen molar-refractivity contribution >= 4 is 0 Å². The van der Waals surface area contributed by atoms with Gasteiger partial charge in [0.25, 0.3) is 0 Å². The maximum atomic E-state index is 2.54. The van der Waals surface area contributed by atoms with Gasteiger partial charge in [-0.3, -0.25) is 4.90 Å². The van der Waals surface area contributed by atoms with E-state index in [0.717, 1.165) is 12.5 Å². The molecule has 0 fully saturated rings. The summed E-state index contributed by atoms with van der Waals surface area (Å²) in [4.78, 5) is 2.54. The first-order valence-electron chi connectivity index (χ1n) is 7.10. The Labute approximate surface area is 112 Å². The lowest BCUT2D eigenvalue weighted by Gasteiger charge is -2.31. The fourth-order valence-corrected chi connectivity index (χ4v) is 2.64. The average molecular weight is 243 g/mol. The lowest BCUT2D eigenvalue weighted by Crippen LogP contribution is -2.36. The summed E-state index contributed by atoms with van der Waals surface area (Å²) in [6, 6.07) is 0.468. The predicted octanol–water partition coefficient (Wildman–Crippen LogP) is 4.11. The van der Waals surface area contributed by atoms with Gasteiger partial charge in [0.05, 0.1) is 0 Å². The van der Waals surface area contributed by atoms with Crippen LogP contribution >= 0.6 is 0 Å². The molecule has 1 atom stereocenters. The normalized spacial score (nSPS) is 25.0. The van der Waals surface area contributed by atoms with E-state index in [0.29, 0.717) is 6.04 Å². The van der Waals surface area contributed by atoms with E-state index in [4.69, 9.17) is 0 Å². The number of hydrogen-bond acceptors (Lipinski definition) is 1. The highest BCUT2D eigenvalue weighted by molar-refractivity contribution is 5.29. The fourth-order valence-electron chi connectivity index (χ4n) is 2.64. The monoisotopic (exact) mass is 243 g/mol. The van der Waals surface area contributed by atoms with Gasteiger partial charge in [-0.05, 0) is 25.7 Å². The van der Waals surface area contributed by atoms with Crippen LogP contribution in [0.25, 0.3) is 0 Å². The van der Waals surface area contributed by atoms with Gasteiger partial charge in [-0.15, -0.1) is 0 Å². The molecule has 2 aliphatic rings. The van der Waals surface area contributed by atoms with Crippen LogP contribution in [-0.2, 0) is 0 Å². The van der Waals surface area contributed by atoms with E-state index in [1.54, 1.807) is 5.57 Å². The first-order chi connectivity index (χ1) is 8.65. The third kappa shape index (κ3) is 3.71. The van der Waals surface area contributed by atoms with Gasteiger partial charge < -0.3 is 0 Å². The van der Waals surface area contributed by atoms with Crippen molar-refractivity contribution in [1.29, 1.82) is 0 Å². The molecule has 0 radical (unpaired) electrons. The summed E-state index contributed by atoms with van der Waals surface area (Å²) in [5.74, 6) is 0.785. The molecule has 18 heavy (non-hydrogen) atoms. The van der Waals surface area contributed by atoms with Crippen molar-refractivity contribution in [3.8, 4) is 0 Å². The van der Waals surface area contributed by atoms with Crippen molar-refractivity contribution in [3.63, 3.8) is 0 Å². The molecule has 1 nitrogen and oxygen atoms in total. The topological polar surface area (TPSA) is 3.24 Å². The van der Waals surface area contributed by atoms with Crippen molar-refractivity contribution in [2.75, 3.05) is 13.1 Å². The molecule has 2 rings (SSSR count). The molecule has 1 unspecified atom stereocenters. The van der Waals surface area contributed by atoms with E-state index in [1.807, 2.05) is 0 Å². The van der Waals surface area contributed by atoms with Crippen LogP contribution in [0.1, 0.15) is 33.6 Å². The predicted molar refractivity (Wildman–Crippen MR) is 79.6 cm³/mol. The smallest absolute Gasteiger partial charge is 0.0471 e. The zero-order valence-corrected chi connectivity index (χ0v) is 11.9. The van der Waals surface area contributed by atoms with Gasteiger partial charge in [-0.1, -0.05) is 61.4 Å². The Balaban J connectivity index is 1.94. The zero-order chi connectivity index (χ0) is 13.0. The van der Waals surface area contributed by atoms with Crippen LogP contribution in [0.3, 0.4) is 0 Å². The number of allylic oxidation sites excluding steroid dienone is 4. The van der Waals surface area contributed by atoms with E-state index < -0.39 is 0 Å². The second-order valence-electron chi connectivity index (χ2n) is 5.85. The summed E-state index contributed by atoms with van der Waals surface area (Å²) in [6.07, 6.45) is 16.2. The van der Waals surface area contributed by atoms with Gasteiger partial charge in [0, 0.05) is 19.1 Å². The number of hydrogen-bond donors (Lipinski definition) is 0. The molecule has 0 bridgehead atoms. The summed E-state index contributed by atoms with van der Waals surface area (Å²) in [5, 5.41) is 0. The van der Waals surface area contributed by atoms with Crippen molar-refractivity contribution in [3.05, 3.63) is 47.6 Å². The van der Waals surface area contributed by atoms with Crippen molar-refractivity contribution < 1.29 is 0 Å². The van der Waals surface area contributed by atoms with Gasteiger partial charge >= 0.3 is 0 Å². The lowest BCUT2D eigenvalue weighted by atomic mass is 9.97. The summed E-state index contributed by atoms with van der Waals surface area (Å²) in [6.45, 7) is 9.05. The number of nitrogens with zero attached hydrogens (tertiary/aromatic N) is 1. The van der Waals surface area contributed by atoms with Crippen LogP contribution in [0.2, 0.25) is 0 Å². The van der Waals surface area contributed by atoms with Crippen LogP contribution in [0.5, 0.6) is 0 Å². The standard InChI is InChI=1S/C17H25N/c1-14(2)13-16-9-11-18(12-10-16)17-6-4-5-15(3)7-8-17/h4-9,14,17H,10-13H2,1-3H3. The van der Waals surface area contributed by atoms with E-state index in [-0.39, 0.29) is 0 Å². The highest BCUT2D eigenvalue weighted by Crippen LogP contribution is 2.21. The zero-order valence-electron chi connectivity index (χ0n) is 11.9. The maximum Gasteiger partial charge on any atom is 0.0471 e. The Bertz CT molecular complexity index is 396. The lowest BCUT2D eigenvalue weighted by molar-refractivity contribution is 0.276. The van der Waals surface area contributed by atoms with E-state index in [1.165, 1.54) is 25.0 Å². The molecule has 0 saturated heterocycles. The Hall–Kier alpha value is -1.08. The van der Waals surface area contributed by atoms with Gasteiger partial charge in [-0.2, -0.15) is 0 Å². The first kappa shape index (κ1) is 13.4. The van der Waals surface area contributed by atoms with Crippen molar-refractivity contribution in [2.45, 2.75) is 39.7 Å². The molecular formula is C17H25N.